The fourth-order valence-electron chi connectivity index (χ4n) is 6.78. The van der Waals surface area contributed by atoms with E-state index in [1.54, 1.807) is 27.4 Å². The topological polar surface area (TPSA) is 200 Å². The molecule has 0 aromatic heterocycles. The van der Waals surface area contributed by atoms with Crippen LogP contribution in [0.1, 0.15) is 150 Å². The number of benzene rings is 1. The molecule has 4 aliphatic carbocycles. The van der Waals surface area contributed by atoms with Gasteiger partial charge in [-0.1, -0.05) is 70.3 Å². The Morgan fingerprint density at radius 1 is 0.725 bits per heavy atom. The SMILES string of the molecule is CC(=O)C(Cl)Cl.CC(=O)CC(=O)CCl.CC(C)(C)C1CCCCC1=O.CC1(C)C=CC(=O)CC1.COC1CCCCC1=O.COCCOC(=O)CC(C)=O.COc1cc2c(cc1OC)CC(=O)CC2. The minimum absolute atomic E-state index is 0.0243. The summed E-state index contributed by atoms with van der Waals surface area (Å²) in [6, 6.07) is 3.88. The quantitative estimate of drug-likeness (QED) is 0.0829. The number of fused-ring (bicyclic) bond motifs is 1. The number of alkyl halides is 3. The molecule has 2 unspecified atom stereocenters. The van der Waals surface area contributed by atoms with Crippen molar-refractivity contribution < 1.29 is 66.8 Å². The molecule has 0 amide bonds. The molecule has 1 aromatic carbocycles. The van der Waals surface area contributed by atoms with Crippen molar-refractivity contribution in [3.63, 3.8) is 0 Å². The van der Waals surface area contributed by atoms with Gasteiger partial charge in [-0.15, -0.1) is 11.6 Å². The molecule has 2 saturated carbocycles. The summed E-state index contributed by atoms with van der Waals surface area (Å²) in [7, 11) is 6.35. The standard InChI is InChI=1S/C12H14O3.C10H18O.C8H12O.C7H12O4.C7H12O2.C5H7ClO2.C3H4Cl2O/c1-14-11-6-8-3-4-10(13)5-9(8)7-12(11)15-2;1-10(2,3)8-6-4-5-7-9(8)11;1-8(2)5-3-7(9)4-6-8;1-6(8)5-7(9)11-4-3-10-2;1-9-7-5-3-2-4-6(7)8;1-4(7)2-5(8)3-6;1-2(6)3(4)5/h6-7H,3-5H2,1-2H3;8H,4-7H2,1-3H3;3,5H,4,6H2,1-2H3;3-5H2,1-2H3;7H,2-5H2,1H3;2-3H2,1H3;3H,1H3. The maximum absolute atomic E-state index is 11.4. The van der Waals surface area contributed by atoms with Crippen molar-refractivity contribution >= 4 is 87.0 Å². The number of hydrogen-bond acceptors (Lipinski definition) is 14. The van der Waals surface area contributed by atoms with Crippen LogP contribution < -0.4 is 9.47 Å². The number of ketones is 8. The second-order valence-corrected chi connectivity index (χ2v) is 20.0. The smallest absolute Gasteiger partial charge is 0.313 e. The number of aryl methyl sites for hydroxylation is 1. The first-order valence-electron chi connectivity index (χ1n) is 23.2. The predicted molar refractivity (Wildman–Crippen MR) is 270 cm³/mol. The van der Waals surface area contributed by atoms with Gasteiger partial charge in [-0.3, -0.25) is 43.2 Å². The van der Waals surface area contributed by atoms with Crippen LogP contribution in [0.15, 0.2) is 24.3 Å². The largest absolute Gasteiger partial charge is 0.493 e. The molecular weight excluding hydrogens is 955 g/mol. The lowest BCUT2D eigenvalue weighted by atomic mass is 9.72. The molecule has 0 heterocycles. The summed E-state index contributed by atoms with van der Waals surface area (Å²) in [5, 5.41) is 0. The van der Waals surface area contributed by atoms with Crippen LogP contribution in [0, 0.1) is 16.7 Å². The number of Topliss-reactive ketones (excluding diaryl/α,β-unsaturated/α-hetero) is 7. The number of carbonyl (C=O) groups excluding carboxylic acids is 9. The van der Waals surface area contributed by atoms with Gasteiger partial charge in [0.1, 0.15) is 42.3 Å². The van der Waals surface area contributed by atoms with Gasteiger partial charge in [0.2, 0.25) is 0 Å². The molecule has 2 fully saturated rings. The van der Waals surface area contributed by atoms with E-state index in [2.05, 4.69) is 44.1 Å². The number of halogens is 3. The first kappa shape index (κ1) is 67.3. The molecule has 0 bridgehead atoms. The molecule has 4 aliphatic rings. The van der Waals surface area contributed by atoms with Gasteiger partial charge in [0.25, 0.3) is 0 Å². The van der Waals surface area contributed by atoms with E-state index in [4.69, 9.17) is 49.0 Å². The lowest BCUT2D eigenvalue weighted by molar-refractivity contribution is -0.147. The van der Waals surface area contributed by atoms with Crippen molar-refractivity contribution in [3.8, 4) is 11.5 Å². The summed E-state index contributed by atoms with van der Waals surface area (Å²) in [6.07, 6.45) is 15.3. The van der Waals surface area contributed by atoms with Crippen molar-refractivity contribution in [1.82, 2.24) is 0 Å². The van der Waals surface area contributed by atoms with E-state index in [1.807, 2.05) is 18.2 Å². The van der Waals surface area contributed by atoms with Crippen LogP contribution in [0.4, 0.5) is 0 Å². The Morgan fingerprint density at radius 3 is 1.62 bits per heavy atom. The second kappa shape index (κ2) is 37.0. The number of ether oxygens (including phenoxy) is 5. The second-order valence-electron chi connectivity index (χ2n) is 18.6. The summed E-state index contributed by atoms with van der Waals surface area (Å²) in [5.74, 6) is 1.83. The van der Waals surface area contributed by atoms with Crippen LogP contribution in [-0.2, 0) is 70.2 Å². The molecule has 0 aliphatic heterocycles. The molecule has 0 N–H and O–H groups in total. The number of carbonyl (C=O) groups is 9. The molecule has 5 rings (SSSR count). The van der Waals surface area contributed by atoms with Gasteiger partial charge >= 0.3 is 5.97 Å². The van der Waals surface area contributed by atoms with E-state index < -0.39 is 10.8 Å². The number of hydrogen-bond donors (Lipinski definition) is 0. The van der Waals surface area contributed by atoms with Crippen molar-refractivity contribution in [1.29, 1.82) is 0 Å². The van der Waals surface area contributed by atoms with Gasteiger partial charge < -0.3 is 23.7 Å². The number of rotatable bonds is 12. The Balaban J connectivity index is 0. The Morgan fingerprint density at radius 2 is 1.26 bits per heavy atom. The number of methoxy groups -OCH3 is 4. The van der Waals surface area contributed by atoms with Crippen molar-refractivity contribution in [2.45, 2.75) is 163 Å². The zero-order valence-electron chi connectivity index (χ0n) is 43.1. The van der Waals surface area contributed by atoms with E-state index in [1.165, 1.54) is 39.9 Å². The van der Waals surface area contributed by atoms with E-state index in [9.17, 15) is 43.2 Å². The summed E-state index contributed by atoms with van der Waals surface area (Å²) in [6.45, 7) is 15.4. The molecular formula is C52H79Cl3O14. The maximum Gasteiger partial charge on any atom is 0.313 e. The maximum atomic E-state index is 11.4. The Kier molecular flexibility index (Phi) is 36.1. The van der Waals surface area contributed by atoms with E-state index >= 15 is 0 Å². The van der Waals surface area contributed by atoms with Crippen LogP contribution >= 0.6 is 34.8 Å². The molecule has 2 atom stereocenters. The van der Waals surface area contributed by atoms with E-state index in [0.717, 1.165) is 75.5 Å². The van der Waals surface area contributed by atoms with E-state index in [-0.39, 0.29) is 77.0 Å². The Hall–Kier alpha value is -3.82. The summed E-state index contributed by atoms with van der Waals surface area (Å²) >= 11 is 15.2. The number of esters is 1. The lowest BCUT2D eigenvalue weighted by Crippen LogP contribution is -2.30. The highest BCUT2D eigenvalue weighted by molar-refractivity contribution is 6.53. The van der Waals surface area contributed by atoms with Gasteiger partial charge in [-0.05, 0) is 106 Å². The summed E-state index contributed by atoms with van der Waals surface area (Å²) in [4.78, 5) is 94.7. The normalized spacial score (nSPS) is 17.7. The lowest BCUT2D eigenvalue weighted by Gasteiger charge is -2.32. The first-order valence-corrected chi connectivity index (χ1v) is 24.6. The molecule has 14 nitrogen and oxygen atoms in total. The van der Waals surface area contributed by atoms with Crippen LogP contribution in [0.5, 0.6) is 11.5 Å². The predicted octanol–water partition coefficient (Wildman–Crippen LogP) is 9.94. The van der Waals surface area contributed by atoms with Crippen LogP contribution in [0.2, 0.25) is 0 Å². The average molecular weight is 1030 g/mol. The van der Waals surface area contributed by atoms with Crippen LogP contribution in [0.25, 0.3) is 0 Å². The average Bonchev–Trinajstić information content (AvgIpc) is 3.27. The highest BCUT2D eigenvalue weighted by Crippen LogP contribution is 2.35. The minimum atomic E-state index is -0.843. The van der Waals surface area contributed by atoms with Gasteiger partial charge in [-0.2, -0.15) is 0 Å². The van der Waals surface area contributed by atoms with Crippen molar-refractivity contribution in [2.24, 2.45) is 16.7 Å². The molecule has 1 aromatic rings. The van der Waals surface area contributed by atoms with Gasteiger partial charge in [0, 0.05) is 52.2 Å². The minimum Gasteiger partial charge on any atom is -0.493 e. The zero-order chi connectivity index (χ0) is 53.3. The monoisotopic (exact) mass is 1030 g/mol. The van der Waals surface area contributed by atoms with E-state index in [0.29, 0.717) is 42.7 Å². The third kappa shape index (κ3) is 33.4. The van der Waals surface area contributed by atoms with Gasteiger partial charge in [0.15, 0.2) is 39.5 Å². The fraction of sp³-hybridized carbons (Fsp3) is 0.673. The zero-order valence-corrected chi connectivity index (χ0v) is 45.4. The molecule has 392 valence electrons. The molecule has 0 radical (unpaired) electrons. The molecule has 0 saturated heterocycles. The van der Waals surface area contributed by atoms with Crippen LogP contribution in [-0.4, -0.2) is 111 Å². The highest BCUT2D eigenvalue weighted by Gasteiger charge is 2.32. The van der Waals surface area contributed by atoms with Crippen LogP contribution in [0.3, 0.4) is 0 Å². The third-order valence-corrected chi connectivity index (χ3v) is 11.6. The van der Waals surface area contributed by atoms with Gasteiger partial charge in [-0.25, -0.2) is 0 Å². The molecule has 17 heteroatoms. The molecule has 69 heavy (non-hydrogen) atoms. The number of allylic oxidation sites excluding steroid dienone is 2. The summed E-state index contributed by atoms with van der Waals surface area (Å²) in [5.41, 5.74) is 2.72. The third-order valence-electron chi connectivity index (χ3n) is 10.7. The van der Waals surface area contributed by atoms with Gasteiger partial charge in [0.05, 0.1) is 33.1 Å². The van der Waals surface area contributed by atoms with Crippen molar-refractivity contribution in [3.05, 3.63) is 35.4 Å². The Bertz CT molecular complexity index is 1830. The van der Waals surface area contributed by atoms with Crippen molar-refractivity contribution in [2.75, 3.05) is 47.5 Å². The molecule has 0 spiro atoms. The summed E-state index contributed by atoms with van der Waals surface area (Å²) < 4.78 is 24.6. The Labute approximate surface area is 425 Å². The fourth-order valence-corrected chi connectivity index (χ4v) is 6.88. The highest BCUT2D eigenvalue weighted by atomic mass is 35.5. The first-order chi connectivity index (χ1) is 32.2.